The van der Waals surface area contributed by atoms with Crippen molar-refractivity contribution in [3.05, 3.63) is 35.5 Å². The van der Waals surface area contributed by atoms with E-state index in [2.05, 4.69) is 39.5 Å². The molecule has 174 valence electrons. The molecule has 0 aromatic carbocycles. The minimum atomic E-state index is -0.537. The lowest BCUT2D eigenvalue weighted by atomic mass is 9.57. The third-order valence-corrected chi connectivity index (χ3v) is 9.91. The fourth-order valence-electron chi connectivity index (χ4n) is 8.11. The maximum atomic E-state index is 10.3. The zero-order valence-corrected chi connectivity index (χ0v) is 20.7. The number of rotatable bonds is 6. The van der Waals surface area contributed by atoms with E-state index in [0.29, 0.717) is 16.7 Å². The van der Waals surface area contributed by atoms with Gasteiger partial charge in [-0.15, -0.1) is 0 Å². The first-order valence-electron chi connectivity index (χ1n) is 13.0. The average molecular weight is 427 g/mol. The molecule has 2 N–H and O–H groups in total. The van der Waals surface area contributed by atoms with Gasteiger partial charge in [-0.05, 0) is 105 Å². The summed E-state index contributed by atoms with van der Waals surface area (Å²) < 4.78 is 0. The highest BCUT2D eigenvalue weighted by Crippen LogP contribution is 2.81. The van der Waals surface area contributed by atoms with E-state index in [1.54, 1.807) is 5.57 Å². The maximum absolute atomic E-state index is 10.3. The Kier molecular flexibility index (Phi) is 6.14. The maximum Gasteiger partial charge on any atom is 0.0591 e. The fourth-order valence-corrected chi connectivity index (χ4v) is 8.11. The molecule has 4 unspecified atom stereocenters. The Morgan fingerprint density at radius 1 is 1.26 bits per heavy atom. The summed E-state index contributed by atoms with van der Waals surface area (Å²) in [6.45, 7) is 15.5. The van der Waals surface area contributed by atoms with Gasteiger partial charge in [-0.3, -0.25) is 0 Å². The molecule has 0 aromatic heterocycles. The Hall–Kier alpha value is -0.860. The number of aliphatic hydroxyl groups excluding tert-OH is 1. The van der Waals surface area contributed by atoms with Crippen LogP contribution in [0.4, 0.5) is 0 Å². The van der Waals surface area contributed by atoms with Crippen molar-refractivity contribution < 1.29 is 10.2 Å². The van der Waals surface area contributed by atoms with Crippen molar-refractivity contribution in [3.63, 3.8) is 0 Å². The Labute approximate surface area is 190 Å². The minimum Gasteiger partial charge on any atom is -0.393 e. The SMILES string of the molecule is C=C1C(=CC=C2CCC[C@]3(C)[C@@H](C(C)CCCC(C)(C)O)CC4CC243)CC(O)C[C@@H]1C. The largest absolute Gasteiger partial charge is 0.393 e. The molecule has 0 bridgehead atoms. The molecule has 4 aliphatic rings. The molecule has 4 rings (SSSR count). The molecule has 0 aliphatic heterocycles. The highest BCUT2D eigenvalue weighted by Gasteiger charge is 2.73. The van der Waals surface area contributed by atoms with E-state index < -0.39 is 5.60 Å². The topological polar surface area (TPSA) is 40.5 Å². The first-order valence-corrected chi connectivity index (χ1v) is 13.0. The molecule has 31 heavy (non-hydrogen) atoms. The van der Waals surface area contributed by atoms with E-state index in [0.717, 1.165) is 43.4 Å². The van der Waals surface area contributed by atoms with Gasteiger partial charge in [-0.2, -0.15) is 0 Å². The predicted octanol–water partition coefficient (Wildman–Crippen LogP) is 6.98. The van der Waals surface area contributed by atoms with Crippen LogP contribution in [-0.2, 0) is 0 Å². The quantitative estimate of drug-likeness (QED) is 0.481. The second kappa shape index (κ2) is 8.17. The first kappa shape index (κ1) is 23.3. The summed E-state index contributed by atoms with van der Waals surface area (Å²) in [5.74, 6) is 2.82. The van der Waals surface area contributed by atoms with Gasteiger partial charge in [0.15, 0.2) is 0 Å². The molecule has 7 atom stereocenters. The van der Waals surface area contributed by atoms with Crippen molar-refractivity contribution in [2.75, 3.05) is 0 Å². The van der Waals surface area contributed by atoms with Crippen molar-refractivity contribution in [3.8, 4) is 0 Å². The number of aliphatic hydroxyl groups is 2. The molecule has 4 aliphatic carbocycles. The Balaban J connectivity index is 1.51. The van der Waals surface area contributed by atoms with Crippen molar-refractivity contribution in [2.45, 2.75) is 111 Å². The van der Waals surface area contributed by atoms with Crippen LogP contribution in [0.5, 0.6) is 0 Å². The summed E-state index contributed by atoms with van der Waals surface area (Å²) in [7, 11) is 0. The Bertz CT molecular complexity index is 768. The molecule has 4 fully saturated rings. The summed E-state index contributed by atoms with van der Waals surface area (Å²) in [5.41, 5.74) is 4.54. The molecular weight excluding hydrogens is 380 g/mol. The molecule has 4 saturated carbocycles. The molecule has 0 aromatic rings. The van der Waals surface area contributed by atoms with Crippen LogP contribution in [0.15, 0.2) is 35.5 Å². The Morgan fingerprint density at radius 3 is 2.71 bits per heavy atom. The molecule has 0 heterocycles. The first-order chi connectivity index (χ1) is 14.5. The van der Waals surface area contributed by atoms with Crippen LogP contribution in [0, 0.1) is 34.5 Å². The summed E-state index contributed by atoms with van der Waals surface area (Å²) in [4.78, 5) is 0. The zero-order valence-electron chi connectivity index (χ0n) is 20.7. The van der Waals surface area contributed by atoms with Gasteiger partial charge in [-0.1, -0.05) is 57.9 Å². The second-order valence-electron chi connectivity index (χ2n) is 12.6. The van der Waals surface area contributed by atoms with Crippen molar-refractivity contribution >= 4 is 0 Å². The van der Waals surface area contributed by atoms with Crippen molar-refractivity contribution in [1.82, 2.24) is 0 Å². The summed E-state index contributed by atoms with van der Waals surface area (Å²) in [5, 5.41) is 20.4. The molecule has 2 nitrogen and oxygen atoms in total. The van der Waals surface area contributed by atoms with Gasteiger partial charge in [0.25, 0.3) is 0 Å². The smallest absolute Gasteiger partial charge is 0.0591 e. The Morgan fingerprint density at radius 2 is 2.00 bits per heavy atom. The molecule has 0 radical (unpaired) electrons. The second-order valence-corrected chi connectivity index (χ2v) is 12.6. The summed E-state index contributed by atoms with van der Waals surface area (Å²) in [6.07, 6.45) is 16.2. The van der Waals surface area contributed by atoms with Gasteiger partial charge >= 0.3 is 0 Å². The van der Waals surface area contributed by atoms with Crippen LogP contribution in [0.3, 0.4) is 0 Å². The van der Waals surface area contributed by atoms with Gasteiger partial charge in [-0.25, -0.2) is 0 Å². The number of hydrogen-bond donors (Lipinski definition) is 2. The van der Waals surface area contributed by atoms with Crippen molar-refractivity contribution in [2.24, 2.45) is 34.5 Å². The number of allylic oxidation sites excluding steroid dienone is 4. The van der Waals surface area contributed by atoms with Gasteiger partial charge < -0.3 is 10.2 Å². The van der Waals surface area contributed by atoms with Crippen LogP contribution in [0.25, 0.3) is 0 Å². The van der Waals surface area contributed by atoms with E-state index in [4.69, 9.17) is 0 Å². The van der Waals surface area contributed by atoms with E-state index in [1.165, 1.54) is 49.7 Å². The average Bonchev–Trinajstić information content (AvgIpc) is 3.32. The lowest BCUT2D eigenvalue weighted by molar-refractivity contribution is 0.0467. The molecule has 2 heteroatoms. The van der Waals surface area contributed by atoms with Gasteiger partial charge in [0.2, 0.25) is 0 Å². The van der Waals surface area contributed by atoms with E-state index in [9.17, 15) is 10.2 Å². The number of hydrogen-bond acceptors (Lipinski definition) is 2. The van der Waals surface area contributed by atoms with E-state index in [1.807, 2.05) is 13.8 Å². The van der Waals surface area contributed by atoms with Gasteiger partial charge in [0.1, 0.15) is 0 Å². The van der Waals surface area contributed by atoms with Crippen LogP contribution in [0.1, 0.15) is 98.8 Å². The minimum absolute atomic E-state index is 0.214. The third-order valence-electron chi connectivity index (χ3n) is 9.91. The lowest BCUT2D eigenvalue weighted by Gasteiger charge is -2.48. The monoisotopic (exact) mass is 426 g/mol. The predicted molar refractivity (Wildman–Crippen MR) is 130 cm³/mol. The van der Waals surface area contributed by atoms with Gasteiger partial charge in [0, 0.05) is 5.41 Å². The molecule has 1 spiro atoms. The van der Waals surface area contributed by atoms with Crippen LogP contribution in [-0.4, -0.2) is 21.9 Å². The molecular formula is C29H46O2. The highest BCUT2D eigenvalue weighted by atomic mass is 16.3. The van der Waals surface area contributed by atoms with Crippen molar-refractivity contribution in [1.29, 1.82) is 0 Å². The standard InChI is InChI=1S/C29H46O2/c1-19(9-7-13-27(4,5)31)26-17-24-18-29(24)23(10-8-14-28(26,29)6)12-11-22-16-25(30)15-20(2)21(22)3/h11-12,19-20,24-26,30-31H,3,7-10,13-18H2,1-2,4-6H3/t19?,20-,24?,25?,26+,28+,29?/m0/s1. The van der Waals surface area contributed by atoms with Crippen LogP contribution >= 0.6 is 0 Å². The zero-order chi connectivity index (χ0) is 22.6. The summed E-state index contributed by atoms with van der Waals surface area (Å²) in [6, 6.07) is 0. The van der Waals surface area contributed by atoms with Crippen LogP contribution < -0.4 is 0 Å². The highest BCUT2D eigenvalue weighted by molar-refractivity contribution is 5.42. The normalized spacial score (nSPS) is 43.8. The van der Waals surface area contributed by atoms with Gasteiger partial charge in [0.05, 0.1) is 11.7 Å². The van der Waals surface area contributed by atoms with Crippen LogP contribution in [0.2, 0.25) is 0 Å². The fraction of sp³-hybridized carbons (Fsp3) is 0.793. The van der Waals surface area contributed by atoms with E-state index in [-0.39, 0.29) is 6.10 Å². The van der Waals surface area contributed by atoms with E-state index >= 15 is 0 Å². The lowest BCUT2D eigenvalue weighted by Crippen LogP contribution is -2.40. The molecule has 0 amide bonds. The molecule has 0 saturated heterocycles. The third kappa shape index (κ3) is 4.12. The summed E-state index contributed by atoms with van der Waals surface area (Å²) >= 11 is 0.